The molecule has 2 rings (SSSR count). The van der Waals surface area contributed by atoms with E-state index in [1.165, 1.54) is 12.1 Å². The van der Waals surface area contributed by atoms with Crippen molar-refractivity contribution in [3.63, 3.8) is 0 Å². The number of halogens is 1. The lowest BCUT2D eigenvalue weighted by atomic mass is 10.0. The molecule has 1 aliphatic rings. The van der Waals surface area contributed by atoms with E-state index in [4.69, 9.17) is 0 Å². The molecule has 128 valence electrons. The molecule has 1 N–H and O–H groups in total. The average Bonchev–Trinajstić information content (AvgIpc) is 2.52. The van der Waals surface area contributed by atoms with Crippen LogP contribution >= 0.6 is 0 Å². The van der Waals surface area contributed by atoms with E-state index in [-0.39, 0.29) is 17.8 Å². The van der Waals surface area contributed by atoms with Crippen molar-refractivity contribution in [3.8, 4) is 0 Å². The van der Waals surface area contributed by atoms with E-state index in [1.807, 2.05) is 0 Å². The van der Waals surface area contributed by atoms with Gasteiger partial charge < -0.3 is 10.2 Å². The van der Waals surface area contributed by atoms with Crippen molar-refractivity contribution in [1.29, 1.82) is 0 Å². The fourth-order valence-electron chi connectivity index (χ4n) is 2.91. The van der Waals surface area contributed by atoms with Crippen LogP contribution in [-0.4, -0.2) is 55.0 Å². The molecule has 0 bridgehead atoms. The molecule has 0 radical (unpaired) electrons. The van der Waals surface area contributed by atoms with E-state index in [0.717, 1.165) is 38.2 Å². The maximum absolute atomic E-state index is 12.9. The Morgan fingerprint density at radius 2 is 1.78 bits per heavy atom. The topological polar surface area (TPSA) is 35.6 Å². The lowest BCUT2D eigenvalue weighted by Crippen LogP contribution is -2.54. The molecule has 1 heterocycles. The molecule has 1 aliphatic heterocycles. The highest BCUT2D eigenvalue weighted by Gasteiger charge is 2.28. The first-order valence-electron chi connectivity index (χ1n) is 8.40. The quantitative estimate of drug-likeness (QED) is 0.872. The minimum Gasteiger partial charge on any atom is -0.351 e. The van der Waals surface area contributed by atoms with Crippen LogP contribution in [0.2, 0.25) is 0 Å². The summed E-state index contributed by atoms with van der Waals surface area (Å²) < 4.78 is 12.9. The molecule has 23 heavy (non-hydrogen) atoms. The Labute approximate surface area is 138 Å². The summed E-state index contributed by atoms with van der Waals surface area (Å²) in [6.45, 7) is 8.60. The molecule has 1 fully saturated rings. The predicted molar refractivity (Wildman–Crippen MR) is 90.6 cm³/mol. The Kier molecular flexibility index (Phi) is 6.54. The van der Waals surface area contributed by atoms with Crippen LogP contribution in [0.5, 0.6) is 0 Å². The zero-order valence-electron chi connectivity index (χ0n) is 14.4. The smallest absolute Gasteiger partial charge is 0.237 e. The van der Waals surface area contributed by atoms with Gasteiger partial charge in [0, 0.05) is 32.7 Å². The molecule has 1 saturated heterocycles. The average molecular weight is 321 g/mol. The van der Waals surface area contributed by atoms with Crippen LogP contribution in [0, 0.1) is 11.7 Å². The van der Waals surface area contributed by atoms with E-state index in [2.05, 4.69) is 36.0 Å². The molecule has 1 amide bonds. The van der Waals surface area contributed by atoms with Gasteiger partial charge in [-0.05, 0) is 37.1 Å². The van der Waals surface area contributed by atoms with Crippen molar-refractivity contribution in [2.75, 3.05) is 33.2 Å². The lowest BCUT2D eigenvalue weighted by molar-refractivity contribution is -0.128. The van der Waals surface area contributed by atoms with Gasteiger partial charge in [-0.15, -0.1) is 0 Å². The summed E-state index contributed by atoms with van der Waals surface area (Å²) in [5, 5.41) is 3.02. The molecule has 5 heteroatoms. The summed E-state index contributed by atoms with van der Waals surface area (Å²) in [5.41, 5.74) is 0.918. The lowest BCUT2D eigenvalue weighted by Gasteiger charge is -2.37. The van der Waals surface area contributed by atoms with Gasteiger partial charge in [-0.3, -0.25) is 9.69 Å². The molecule has 1 atom stereocenters. The van der Waals surface area contributed by atoms with Gasteiger partial charge >= 0.3 is 0 Å². The zero-order valence-corrected chi connectivity index (χ0v) is 14.4. The summed E-state index contributed by atoms with van der Waals surface area (Å²) in [6, 6.07) is 6.19. The van der Waals surface area contributed by atoms with Crippen molar-refractivity contribution in [1.82, 2.24) is 15.1 Å². The van der Waals surface area contributed by atoms with Gasteiger partial charge in [0.05, 0.1) is 6.04 Å². The van der Waals surface area contributed by atoms with Gasteiger partial charge in [0.1, 0.15) is 5.82 Å². The number of carbonyl (C=O) groups is 1. The summed E-state index contributed by atoms with van der Waals surface area (Å²) in [5.74, 6) is 0.291. The molecule has 1 aromatic rings. The van der Waals surface area contributed by atoms with Crippen LogP contribution < -0.4 is 5.32 Å². The minimum absolute atomic E-state index is 0.0765. The predicted octanol–water partition coefficient (Wildman–Crippen LogP) is 2.10. The molecule has 0 aromatic heterocycles. The van der Waals surface area contributed by atoms with E-state index >= 15 is 0 Å². The van der Waals surface area contributed by atoms with Gasteiger partial charge in [-0.1, -0.05) is 26.0 Å². The molecule has 0 aliphatic carbocycles. The second-order valence-corrected chi connectivity index (χ2v) is 6.83. The second kappa shape index (κ2) is 8.41. The molecular weight excluding hydrogens is 293 g/mol. The first-order valence-corrected chi connectivity index (χ1v) is 8.40. The number of likely N-dealkylation sites (N-methyl/N-ethyl adjacent to an activating group) is 1. The molecule has 4 nitrogen and oxygen atoms in total. The number of hydrogen-bond donors (Lipinski definition) is 1. The van der Waals surface area contributed by atoms with Gasteiger partial charge in [-0.2, -0.15) is 0 Å². The minimum atomic E-state index is -0.254. The number of nitrogens with zero attached hydrogens (tertiary/aromatic N) is 2. The Hall–Kier alpha value is -1.46. The first kappa shape index (κ1) is 17.9. The van der Waals surface area contributed by atoms with Crippen LogP contribution in [0.1, 0.15) is 25.8 Å². The molecule has 0 unspecified atom stereocenters. The Balaban J connectivity index is 1.94. The van der Waals surface area contributed by atoms with Crippen molar-refractivity contribution in [2.24, 2.45) is 5.92 Å². The highest BCUT2D eigenvalue weighted by Crippen LogP contribution is 2.14. The van der Waals surface area contributed by atoms with Gasteiger partial charge in [0.2, 0.25) is 5.91 Å². The fraction of sp³-hybridized carbons (Fsp3) is 0.611. The van der Waals surface area contributed by atoms with Gasteiger partial charge in [0.15, 0.2) is 0 Å². The van der Waals surface area contributed by atoms with E-state index < -0.39 is 0 Å². The Bertz CT molecular complexity index is 495. The summed E-state index contributed by atoms with van der Waals surface area (Å²) in [4.78, 5) is 17.2. The number of carbonyl (C=O) groups excluding carboxylic acids is 1. The fourth-order valence-corrected chi connectivity index (χ4v) is 2.91. The van der Waals surface area contributed by atoms with Crippen LogP contribution in [0.15, 0.2) is 24.3 Å². The van der Waals surface area contributed by atoms with E-state index in [9.17, 15) is 9.18 Å². The first-order chi connectivity index (χ1) is 11.0. The second-order valence-electron chi connectivity index (χ2n) is 6.83. The molecule has 0 spiro atoms. The van der Waals surface area contributed by atoms with Crippen molar-refractivity contribution in [2.45, 2.75) is 32.9 Å². The van der Waals surface area contributed by atoms with Gasteiger partial charge in [0.25, 0.3) is 0 Å². The zero-order chi connectivity index (χ0) is 16.8. The van der Waals surface area contributed by atoms with Crippen molar-refractivity contribution < 1.29 is 9.18 Å². The maximum atomic E-state index is 12.9. The van der Waals surface area contributed by atoms with Crippen molar-refractivity contribution in [3.05, 3.63) is 35.6 Å². The highest BCUT2D eigenvalue weighted by molar-refractivity contribution is 5.81. The normalized spacial score (nSPS) is 18.1. The number of piperazine rings is 1. The van der Waals surface area contributed by atoms with E-state index in [0.29, 0.717) is 12.5 Å². The van der Waals surface area contributed by atoms with Crippen LogP contribution in [0.25, 0.3) is 0 Å². The number of benzene rings is 1. The third-order valence-corrected chi connectivity index (χ3v) is 4.36. The molecule has 0 saturated carbocycles. The van der Waals surface area contributed by atoms with Crippen LogP contribution in [0.3, 0.4) is 0 Å². The number of nitrogens with one attached hydrogen (secondary N) is 1. The van der Waals surface area contributed by atoms with Crippen LogP contribution in [0.4, 0.5) is 4.39 Å². The summed E-state index contributed by atoms with van der Waals surface area (Å²) >= 11 is 0. The standard InChI is InChI=1S/C18H28FN3O/c1-14(2)12-17(22-10-8-21(3)9-11-22)18(23)20-13-15-4-6-16(19)7-5-15/h4-7,14,17H,8-13H2,1-3H3,(H,20,23)/t17-/m1/s1. The number of rotatable bonds is 6. The maximum Gasteiger partial charge on any atom is 0.237 e. The van der Waals surface area contributed by atoms with Crippen LogP contribution in [-0.2, 0) is 11.3 Å². The van der Waals surface area contributed by atoms with Crippen molar-refractivity contribution >= 4 is 5.91 Å². The Morgan fingerprint density at radius 3 is 2.35 bits per heavy atom. The SMILES string of the molecule is CC(C)C[C@H](C(=O)NCc1ccc(F)cc1)N1CCN(C)CC1. The molecular formula is C18H28FN3O. The number of amides is 1. The van der Waals surface area contributed by atoms with Gasteiger partial charge in [-0.25, -0.2) is 4.39 Å². The molecule has 1 aromatic carbocycles. The summed E-state index contributed by atoms with van der Waals surface area (Å²) in [6.07, 6.45) is 0.860. The Morgan fingerprint density at radius 1 is 1.17 bits per heavy atom. The largest absolute Gasteiger partial charge is 0.351 e. The number of hydrogen-bond acceptors (Lipinski definition) is 3. The van der Waals surface area contributed by atoms with E-state index in [1.54, 1.807) is 12.1 Å². The third kappa shape index (κ3) is 5.59. The highest BCUT2D eigenvalue weighted by atomic mass is 19.1. The monoisotopic (exact) mass is 321 g/mol. The third-order valence-electron chi connectivity index (χ3n) is 4.36. The summed E-state index contributed by atoms with van der Waals surface area (Å²) in [7, 11) is 2.11.